The lowest BCUT2D eigenvalue weighted by atomic mass is 10.1. The van der Waals surface area contributed by atoms with Crippen LogP contribution in [0.3, 0.4) is 0 Å². The molecule has 0 saturated carbocycles. The van der Waals surface area contributed by atoms with Crippen LogP contribution >= 0.6 is 11.3 Å². The van der Waals surface area contributed by atoms with Crippen molar-refractivity contribution in [2.24, 2.45) is 0 Å². The molecule has 1 aliphatic heterocycles. The van der Waals surface area contributed by atoms with Gasteiger partial charge in [-0.15, -0.1) is 11.3 Å². The Kier molecular flexibility index (Phi) is 3.40. The number of carboxylic acid groups (broad SMARTS) is 1. The predicted molar refractivity (Wildman–Crippen MR) is 60.8 cm³/mol. The second-order valence-electron chi connectivity index (χ2n) is 3.82. The number of carboxylic acids is 1. The van der Waals surface area contributed by atoms with Gasteiger partial charge in [-0.1, -0.05) is 0 Å². The van der Waals surface area contributed by atoms with E-state index >= 15 is 0 Å². The van der Waals surface area contributed by atoms with Crippen LogP contribution in [-0.4, -0.2) is 28.8 Å². The summed E-state index contributed by atoms with van der Waals surface area (Å²) in [5.41, 5.74) is 5.55. The zero-order chi connectivity index (χ0) is 11.5. The summed E-state index contributed by atoms with van der Waals surface area (Å²) in [4.78, 5) is 14.8. The molecular formula is C10H14N2O3S. The molecule has 2 rings (SSSR count). The monoisotopic (exact) mass is 242 g/mol. The number of hydrogen-bond donors (Lipinski definition) is 2. The van der Waals surface area contributed by atoms with E-state index in [1.54, 1.807) is 0 Å². The number of thiazole rings is 1. The maximum absolute atomic E-state index is 10.8. The number of carbonyl (C=O) groups is 1. The summed E-state index contributed by atoms with van der Waals surface area (Å²) in [6.45, 7) is 0.789. The molecule has 16 heavy (non-hydrogen) atoms. The number of rotatable bonds is 3. The molecule has 0 radical (unpaired) electrons. The number of anilines is 1. The fourth-order valence-corrected chi connectivity index (χ4v) is 2.67. The largest absolute Gasteiger partial charge is 0.476 e. The lowest BCUT2D eigenvalue weighted by Gasteiger charge is -2.21. The molecule has 1 fully saturated rings. The molecule has 0 spiro atoms. The van der Waals surface area contributed by atoms with E-state index in [-0.39, 0.29) is 16.8 Å². The van der Waals surface area contributed by atoms with Gasteiger partial charge >= 0.3 is 5.97 Å². The average molecular weight is 242 g/mol. The molecule has 1 unspecified atom stereocenters. The van der Waals surface area contributed by atoms with Gasteiger partial charge in [-0.2, -0.15) is 0 Å². The standard InChI is InChI=1S/C10H14N2O3S/c11-9-8(10(13)14)12-7(16-9)5-6-3-1-2-4-15-6/h6H,1-5,11H2,(H,13,14). The normalized spacial score (nSPS) is 20.9. The van der Waals surface area contributed by atoms with Gasteiger partial charge in [0.05, 0.1) is 11.1 Å². The molecule has 0 bridgehead atoms. The Morgan fingerprint density at radius 1 is 1.62 bits per heavy atom. The van der Waals surface area contributed by atoms with Crippen LogP contribution in [0.4, 0.5) is 5.00 Å². The first-order valence-electron chi connectivity index (χ1n) is 5.27. The summed E-state index contributed by atoms with van der Waals surface area (Å²) in [6.07, 6.45) is 4.12. The number of aromatic nitrogens is 1. The smallest absolute Gasteiger partial charge is 0.357 e. The van der Waals surface area contributed by atoms with Crippen LogP contribution in [0.2, 0.25) is 0 Å². The molecule has 0 amide bonds. The van der Waals surface area contributed by atoms with Crippen LogP contribution in [0, 0.1) is 0 Å². The first-order chi connectivity index (χ1) is 7.66. The highest BCUT2D eigenvalue weighted by molar-refractivity contribution is 7.15. The van der Waals surface area contributed by atoms with Crippen molar-refractivity contribution in [3.05, 3.63) is 10.7 Å². The molecule has 2 heterocycles. The van der Waals surface area contributed by atoms with E-state index < -0.39 is 5.97 Å². The Balaban J connectivity index is 2.03. The SMILES string of the molecule is Nc1sc(CC2CCCCO2)nc1C(=O)O. The Morgan fingerprint density at radius 2 is 2.44 bits per heavy atom. The molecule has 1 aromatic heterocycles. The molecular weight excluding hydrogens is 228 g/mol. The van der Waals surface area contributed by atoms with E-state index in [1.165, 1.54) is 11.3 Å². The molecule has 1 saturated heterocycles. The highest BCUT2D eigenvalue weighted by atomic mass is 32.1. The number of ether oxygens (including phenoxy) is 1. The van der Waals surface area contributed by atoms with Crippen molar-refractivity contribution < 1.29 is 14.6 Å². The fraction of sp³-hybridized carbons (Fsp3) is 0.600. The fourth-order valence-electron chi connectivity index (χ4n) is 1.78. The number of nitrogens with two attached hydrogens (primary N) is 1. The van der Waals surface area contributed by atoms with E-state index in [0.29, 0.717) is 6.42 Å². The zero-order valence-corrected chi connectivity index (χ0v) is 9.63. The average Bonchev–Trinajstić information content (AvgIpc) is 2.61. The van der Waals surface area contributed by atoms with E-state index in [9.17, 15) is 4.79 Å². The lowest BCUT2D eigenvalue weighted by molar-refractivity contribution is 0.0167. The predicted octanol–water partition coefficient (Wildman–Crippen LogP) is 1.54. The molecule has 5 nitrogen and oxygen atoms in total. The molecule has 0 aliphatic carbocycles. The number of aromatic carboxylic acids is 1. The molecule has 88 valence electrons. The molecule has 1 aliphatic rings. The van der Waals surface area contributed by atoms with Gasteiger partial charge in [0.15, 0.2) is 5.69 Å². The Bertz CT molecular complexity index is 385. The highest BCUT2D eigenvalue weighted by Gasteiger charge is 2.19. The second kappa shape index (κ2) is 4.80. The summed E-state index contributed by atoms with van der Waals surface area (Å²) in [5.74, 6) is -1.07. The van der Waals surface area contributed by atoms with Crippen molar-refractivity contribution >= 4 is 22.3 Å². The van der Waals surface area contributed by atoms with Gasteiger partial charge in [0.2, 0.25) is 0 Å². The topological polar surface area (TPSA) is 85.4 Å². The summed E-state index contributed by atoms with van der Waals surface area (Å²) < 4.78 is 5.57. The van der Waals surface area contributed by atoms with Gasteiger partial charge in [0, 0.05) is 13.0 Å². The third-order valence-corrected chi connectivity index (χ3v) is 3.48. The lowest BCUT2D eigenvalue weighted by Crippen LogP contribution is -2.21. The van der Waals surface area contributed by atoms with E-state index in [4.69, 9.17) is 15.6 Å². The van der Waals surface area contributed by atoms with Crippen LogP contribution in [0.25, 0.3) is 0 Å². The minimum atomic E-state index is -1.07. The van der Waals surface area contributed by atoms with E-state index in [0.717, 1.165) is 30.9 Å². The molecule has 1 atom stereocenters. The summed E-state index contributed by atoms with van der Waals surface area (Å²) in [5, 5.41) is 9.85. The molecule has 6 heteroatoms. The van der Waals surface area contributed by atoms with Crippen LogP contribution < -0.4 is 5.73 Å². The third kappa shape index (κ3) is 2.51. The van der Waals surface area contributed by atoms with Crippen LogP contribution in [-0.2, 0) is 11.2 Å². The summed E-state index contributed by atoms with van der Waals surface area (Å²) in [6, 6.07) is 0. The van der Waals surface area contributed by atoms with Gasteiger partial charge < -0.3 is 15.6 Å². The summed E-state index contributed by atoms with van der Waals surface area (Å²) >= 11 is 1.24. The zero-order valence-electron chi connectivity index (χ0n) is 8.81. The Labute approximate surface area is 97.2 Å². The minimum absolute atomic E-state index is 0.0317. The van der Waals surface area contributed by atoms with Gasteiger partial charge in [-0.3, -0.25) is 0 Å². The van der Waals surface area contributed by atoms with Crippen LogP contribution in [0.5, 0.6) is 0 Å². The third-order valence-electron chi connectivity index (χ3n) is 2.58. The first kappa shape index (κ1) is 11.3. The van der Waals surface area contributed by atoms with Crippen molar-refractivity contribution in [3.8, 4) is 0 Å². The molecule has 1 aromatic rings. The minimum Gasteiger partial charge on any atom is -0.476 e. The van der Waals surface area contributed by atoms with E-state index in [2.05, 4.69) is 4.98 Å². The molecule has 0 aromatic carbocycles. The van der Waals surface area contributed by atoms with Gasteiger partial charge in [0.1, 0.15) is 5.00 Å². The highest BCUT2D eigenvalue weighted by Crippen LogP contribution is 2.25. The quantitative estimate of drug-likeness (QED) is 0.839. The van der Waals surface area contributed by atoms with Crippen molar-refractivity contribution in [1.82, 2.24) is 4.98 Å². The number of hydrogen-bond acceptors (Lipinski definition) is 5. The Hall–Kier alpha value is -1.14. The molecule has 3 N–H and O–H groups in total. The summed E-state index contributed by atoms with van der Waals surface area (Å²) in [7, 11) is 0. The van der Waals surface area contributed by atoms with Gasteiger partial charge in [-0.25, -0.2) is 9.78 Å². The van der Waals surface area contributed by atoms with Gasteiger partial charge in [0.25, 0.3) is 0 Å². The van der Waals surface area contributed by atoms with Gasteiger partial charge in [-0.05, 0) is 19.3 Å². The second-order valence-corrected chi connectivity index (χ2v) is 4.93. The van der Waals surface area contributed by atoms with Crippen molar-refractivity contribution in [3.63, 3.8) is 0 Å². The van der Waals surface area contributed by atoms with Crippen molar-refractivity contribution in [1.29, 1.82) is 0 Å². The number of nitrogens with zero attached hydrogens (tertiary/aromatic N) is 1. The maximum Gasteiger partial charge on any atom is 0.357 e. The first-order valence-corrected chi connectivity index (χ1v) is 6.08. The van der Waals surface area contributed by atoms with Crippen LogP contribution in [0.1, 0.15) is 34.8 Å². The van der Waals surface area contributed by atoms with Crippen molar-refractivity contribution in [2.45, 2.75) is 31.8 Å². The number of nitrogen functional groups attached to an aromatic ring is 1. The van der Waals surface area contributed by atoms with Crippen molar-refractivity contribution in [2.75, 3.05) is 12.3 Å². The van der Waals surface area contributed by atoms with Crippen LogP contribution in [0.15, 0.2) is 0 Å². The van der Waals surface area contributed by atoms with E-state index in [1.807, 2.05) is 0 Å². The Morgan fingerprint density at radius 3 is 3.00 bits per heavy atom. The maximum atomic E-state index is 10.8.